The van der Waals surface area contributed by atoms with Crippen LogP contribution in [0.1, 0.15) is 32.8 Å². The molecule has 0 spiro atoms. The Labute approximate surface area is 155 Å². The summed E-state index contributed by atoms with van der Waals surface area (Å²) in [6, 6.07) is 4.96. The predicted molar refractivity (Wildman–Crippen MR) is 93.8 cm³/mol. The maximum atomic E-state index is 13.5. The molecule has 0 N–H and O–H groups in total. The van der Waals surface area contributed by atoms with E-state index in [-0.39, 0.29) is 34.4 Å². The molecule has 0 aliphatic heterocycles. The van der Waals surface area contributed by atoms with Crippen LogP contribution in [0.3, 0.4) is 0 Å². The van der Waals surface area contributed by atoms with Crippen LogP contribution < -0.4 is 4.74 Å². The molecule has 1 unspecified atom stereocenters. The minimum Gasteiger partial charge on any atom is -0.493 e. The van der Waals surface area contributed by atoms with Crippen molar-refractivity contribution in [2.45, 2.75) is 33.4 Å². The molecule has 0 fully saturated rings. The quantitative estimate of drug-likeness (QED) is 0.409. The van der Waals surface area contributed by atoms with Gasteiger partial charge in [0.05, 0.1) is 12.2 Å². The molecule has 1 atom stereocenters. The molecule has 2 rings (SSSR count). The van der Waals surface area contributed by atoms with Gasteiger partial charge < -0.3 is 4.74 Å². The predicted octanol–water partition coefficient (Wildman–Crippen LogP) is 6.62. The Balaban J connectivity index is 2.35. The fourth-order valence-corrected chi connectivity index (χ4v) is 3.01. The minimum atomic E-state index is -4.61. The first-order valence-corrected chi connectivity index (χ1v) is 8.61. The van der Waals surface area contributed by atoms with Gasteiger partial charge in [-0.3, -0.25) is 0 Å². The van der Waals surface area contributed by atoms with E-state index < -0.39 is 17.7 Å². The molecule has 0 saturated heterocycles. The molecule has 26 heavy (non-hydrogen) atoms. The highest BCUT2D eigenvalue weighted by atomic mass is 35.5. The summed E-state index contributed by atoms with van der Waals surface area (Å²) in [5.41, 5.74) is -0.629. The maximum Gasteiger partial charge on any atom is 0.419 e. The van der Waals surface area contributed by atoms with Crippen molar-refractivity contribution in [2.24, 2.45) is 11.8 Å². The fourth-order valence-electron chi connectivity index (χ4n) is 2.79. The van der Waals surface area contributed by atoms with E-state index in [1.807, 2.05) is 20.8 Å². The monoisotopic (exact) mass is 389 g/mol. The van der Waals surface area contributed by atoms with Crippen LogP contribution in [0.15, 0.2) is 30.5 Å². The lowest BCUT2D eigenvalue weighted by Gasteiger charge is -2.19. The summed E-state index contributed by atoms with van der Waals surface area (Å²) < 4.78 is 59.3. The molecule has 1 heterocycles. The number of halogens is 5. The number of rotatable bonds is 6. The normalized spacial score (nSPS) is 13.1. The largest absolute Gasteiger partial charge is 0.493 e. The van der Waals surface area contributed by atoms with Crippen molar-refractivity contribution in [2.75, 3.05) is 6.61 Å². The molecule has 0 aliphatic carbocycles. The minimum absolute atomic E-state index is 0.125. The van der Waals surface area contributed by atoms with Gasteiger partial charge in [-0.15, -0.1) is 0 Å². The second-order valence-electron chi connectivity index (χ2n) is 6.72. The van der Waals surface area contributed by atoms with Crippen molar-refractivity contribution in [3.05, 3.63) is 47.0 Å². The summed E-state index contributed by atoms with van der Waals surface area (Å²) in [6.07, 6.45) is -2.60. The third-order valence-electron chi connectivity index (χ3n) is 3.84. The van der Waals surface area contributed by atoms with Crippen LogP contribution in [0.2, 0.25) is 5.02 Å². The number of nitrogens with zero attached hydrogens (tertiary/aromatic N) is 1. The second kappa shape index (κ2) is 8.25. The SMILES string of the molecule is CC(C)CC(C)COc1ccc(-c2ccnc(F)c2Cl)cc1C(F)(F)F. The number of alkyl halides is 3. The number of aromatic nitrogens is 1. The molecule has 2 aromatic rings. The average Bonchev–Trinajstić information content (AvgIpc) is 2.54. The highest BCUT2D eigenvalue weighted by molar-refractivity contribution is 6.33. The first-order chi connectivity index (χ1) is 12.1. The molecule has 0 aliphatic rings. The zero-order valence-corrected chi connectivity index (χ0v) is 15.5. The molecule has 7 heteroatoms. The van der Waals surface area contributed by atoms with Crippen LogP contribution in [0.5, 0.6) is 5.75 Å². The van der Waals surface area contributed by atoms with Gasteiger partial charge in [0.2, 0.25) is 5.95 Å². The number of ether oxygens (including phenoxy) is 1. The zero-order valence-electron chi connectivity index (χ0n) is 14.7. The van der Waals surface area contributed by atoms with Gasteiger partial charge >= 0.3 is 6.18 Å². The van der Waals surface area contributed by atoms with Crippen LogP contribution >= 0.6 is 11.6 Å². The summed E-state index contributed by atoms with van der Waals surface area (Å²) in [4.78, 5) is 3.38. The molecule has 2 nitrogen and oxygen atoms in total. The molecule has 0 bridgehead atoms. The molecule has 142 valence electrons. The third-order valence-corrected chi connectivity index (χ3v) is 4.20. The highest BCUT2D eigenvalue weighted by Crippen LogP contribution is 2.40. The van der Waals surface area contributed by atoms with E-state index in [9.17, 15) is 17.6 Å². The molecule has 1 aromatic carbocycles. The van der Waals surface area contributed by atoms with Gasteiger partial charge in [0.15, 0.2) is 0 Å². The average molecular weight is 390 g/mol. The summed E-state index contributed by atoms with van der Waals surface area (Å²) in [5.74, 6) is -0.621. The number of hydrogen-bond acceptors (Lipinski definition) is 2. The van der Waals surface area contributed by atoms with Crippen LogP contribution in [-0.2, 0) is 6.18 Å². The first-order valence-electron chi connectivity index (χ1n) is 8.24. The van der Waals surface area contributed by atoms with E-state index in [4.69, 9.17) is 16.3 Å². The summed E-state index contributed by atoms with van der Waals surface area (Å²) in [6.45, 7) is 6.21. The van der Waals surface area contributed by atoms with Crippen molar-refractivity contribution >= 4 is 11.6 Å². The Kier molecular flexibility index (Phi) is 6.50. The van der Waals surface area contributed by atoms with E-state index in [1.165, 1.54) is 18.2 Å². The Bertz CT molecular complexity index is 762. The van der Waals surface area contributed by atoms with Gasteiger partial charge in [0.1, 0.15) is 10.8 Å². The van der Waals surface area contributed by atoms with Crippen molar-refractivity contribution < 1.29 is 22.3 Å². The van der Waals surface area contributed by atoms with E-state index in [1.54, 1.807) is 0 Å². The topological polar surface area (TPSA) is 22.1 Å². The van der Waals surface area contributed by atoms with E-state index in [0.29, 0.717) is 5.92 Å². The molecular weight excluding hydrogens is 370 g/mol. The first kappa shape index (κ1) is 20.5. The van der Waals surface area contributed by atoms with Crippen LogP contribution in [-0.4, -0.2) is 11.6 Å². The third kappa shape index (κ3) is 5.10. The Hall–Kier alpha value is -1.82. The summed E-state index contributed by atoms with van der Waals surface area (Å²) in [5, 5.41) is -0.320. The van der Waals surface area contributed by atoms with Gasteiger partial charge in [0, 0.05) is 11.8 Å². The number of hydrogen-bond donors (Lipinski definition) is 0. The van der Waals surface area contributed by atoms with Gasteiger partial charge in [-0.1, -0.05) is 38.4 Å². The number of benzene rings is 1. The van der Waals surface area contributed by atoms with Crippen LogP contribution in [0.4, 0.5) is 17.6 Å². The van der Waals surface area contributed by atoms with Crippen LogP contribution in [0, 0.1) is 17.8 Å². The molecule has 0 saturated carbocycles. The van der Waals surface area contributed by atoms with Crippen molar-refractivity contribution in [1.82, 2.24) is 4.98 Å². The molecular formula is C19H20ClF4NO. The van der Waals surface area contributed by atoms with Crippen molar-refractivity contribution in [1.29, 1.82) is 0 Å². The fraction of sp³-hybridized carbons (Fsp3) is 0.421. The summed E-state index contributed by atoms with van der Waals surface area (Å²) >= 11 is 5.84. The van der Waals surface area contributed by atoms with Gasteiger partial charge in [0.25, 0.3) is 0 Å². The summed E-state index contributed by atoms with van der Waals surface area (Å²) in [7, 11) is 0. The zero-order chi connectivity index (χ0) is 19.5. The van der Waals surface area contributed by atoms with Crippen LogP contribution in [0.25, 0.3) is 11.1 Å². The lowest BCUT2D eigenvalue weighted by molar-refractivity contribution is -0.139. The smallest absolute Gasteiger partial charge is 0.419 e. The Morgan fingerprint density at radius 1 is 1.15 bits per heavy atom. The lowest BCUT2D eigenvalue weighted by Crippen LogP contribution is -2.14. The maximum absolute atomic E-state index is 13.5. The Morgan fingerprint density at radius 2 is 1.85 bits per heavy atom. The second-order valence-corrected chi connectivity index (χ2v) is 7.10. The Morgan fingerprint density at radius 3 is 2.46 bits per heavy atom. The van der Waals surface area contributed by atoms with E-state index >= 15 is 0 Å². The van der Waals surface area contributed by atoms with Crippen molar-refractivity contribution in [3.63, 3.8) is 0 Å². The highest BCUT2D eigenvalue weighted by Gasteiger charge is 2.35. The van der Waals surface area contributed by atoms with Gasteiger partial charge in [-0.05, 0) is 42.0 Å². The molecule has 0 radical (unpaired) electrons. The number of pyridine rings is 1. The molecule has 0 amide bonds. The van der Waals surface area contributed by atoms with E-state index in [0.717, 1.165) is 18.7 Å². The van der Waals surface area contributed by atoms with Crippen molar-refractivity contribution in [3.8, 4) is 16.9 Å². The van der Waals surface area contributed by atoms with Gasteiger partial charge in [-0.25, -0.2) is 4.98 Å². The van der Waals surface area contributed by atoms with Gasteiger partial charge in [-0.2, -0.15) is 17.6 Å². The molecule has 1 aromatic heterocycles. The van der Waals surface area contributed by atoms with E-state index in [2.05, 4.69) is 4.98 Å². The lowest BCUT2D eigenvalue weighted by atomic mass is 9.99. The standard InChI is InChI=1S/C19H20ClF4NO/c1-11(2)8-12(3)10-26-16-5-4-13(9-15(16)19(22,23)24)14-6-7-25-18(21)17(14)20/h4-7,9,11-12H,8,10H2,1-3H3.